The van der Waals surface area contributed by atoms with E-state index in [9.17, 15) is 20.2 Å². The lowest BCUT2D eigenvalue weighted by Gasteiger charge is -2.10. The Morgan fingerprint density at radius 1 is 1.17 bits per heavy atom. The predicted molar refractivity (Wildman–Crippen MR) is 59.3 cm³/mol. The fourth-order valence-corrected chi connectivity index (χ4v) is 1.63. The first-order chi connectivity index (χ1) is 8.50. The van der Waals surface area contributed by atoms with E-state index in [2.05, 4.69) is 15.4 Å². The third kappa shape index (κ3) is 1.44. The van der Waals surface area contributed by atoms with Gasteiger partial charge in [-0.15, -0.1) is 5.10 Å². The highest BCUT2D eigenvalue weighted by Crippen LogP contribution is 2.27. The normalized spacial score (nSPS) is 16.4. The Bertz CT molecular complexity index is 580. The number of hydrogen-bond donors (Lipinski definition) is 0. The standard InChI is InChI=1S/C9H7N5O4/c1-6-4-2-3-5-7(6)8-9(13(15)16,14(17)18)11-12-10-8/h2-5H,1H3. The van der Waals surface area contributed by atoms with Crippen molar-refractivity contribution in [1.29, 1.82) is 0 Å². The van der Waals surface area contributed by atoms with Crippen LogP contribution in [0.15, 0.2) is 39.7 Å². The molecule has 0 radical (unpaired) electrons. The van der Waals surface area contributed by atoms with Crippen LogP contribution in [0.1, 0.15) is 11.1 Å². The number of rotatable bonds is 3. The molecule has 0 saturated heterocycles. The Labute approximate surface area is 100 Å². The van der Waals surface area contributed by atoms with E-state index in [4.69, 9.17) is 0 Å². The van der Waals surface area contributed by atoms with Crippen LogP contribution in [0.3, 0.4) is 0 Å². The molecule has 0 saturated carbocycles. The largest absolute Gasteiger partial charge is 0.625 e. The zero-order chi connectivity index (χ0) is 13.3. The maximum Gasteiger partial charge on any atom is 0.625 e. The molecule has 0 aromatic heterocycles. The minimum Gasteiger partial charge on any atom is -0.256 e. The second-order valence-corrected chi connectivity index (χ2v) is 3.60. The molecule has 0 N–H and O–H groups in total. The molecule has 2 rings (SSSR count). The van der Waals surface area contributed by atoms with Gasteiger partial charge in [-0.3, -0.25) is 20.2 Å². The highest BCUT2D eigenvalue weighted by Gasteiger charge is 2.66. The average molecular weight is 249 g/mol. The number of nitro groups is 2. The lowest BCUT2D eigenvalue weighted by atomic mass is 10.00. The van der Waals surface area contributed by atoms with E-state index in [1.54, 1.807) is 25.1 Å². The first-order valence-electron chi connectivity index (χ1n) is 4.85. The summed E-state index contributed by atoms with van der Waals surface area (Å²) in [7, 11) is 0. The average Bonchev–Trinajstić information content (AvgIpc) is 2.75. The van der Waals surface area contributed by atoms with Gasteiger partial charge in [-0.25, -0.2) is 0 Å². The van der Waals surface area contributed by atoms with Crippen LogP contribution in [-0.4, -0.2) is 21.3 Å². The Morgan fingerprint density at radius 3 is 2.33 bits per heavy atom. The molecule has 1 aromatic rings. The van der Waals surface area contributed by atoms with Gasteiger partial charge in [0.15, 0.2) is 0 Å². The summed E-state index contributed by atoms with van der Waals surface area (Å²) in [5.74, 6) is -2.84. The van der Waals surface area contributed by atoms with Crippen LogP contribution >= 0.6 is 0 Å². The quantitative estimate of drug-likeness (QED) is 0.455. The SMILES string of the molecule is Cc1ccccc1C1=NN=NC1([N+](=O)[O-])[N+](=O)[O-]. The van der Waals surface area contributed by atoms with E-state index in [1.807, 2.05) is 0 Å². The Kier molecular flexibility index (Phi) is 2.58. The van der Waals surface area contributed by atoms with Crippen molar-refractivity contribution in [3.05, 3.63) is 55.6 Å². The van der Waals surface area contributed by atoms with Crippen LogP contribution in [0.25, 0.3) is 0 Å². The van der Waals surface area contributed by atoms with Gasteiger partial charge in [-0.05, 0) is 22.8 Å². The molecule has 0 amide bonds. The molecule has 1 aliphatic rings. The molecule has 92 valence electrons. The highest BCUT2D eigenvalue weighted by atomic mass is 16.7. The van der Waals surface area contributed by atoms with Crippen molar-refractivity contribution in [2.75, 3.05) is 0 Å². The Hall–Kier alpha value is -2.71. The highest BCUT2D eigenvalue weighted by molar-refractivity contribution is 6.06. The minimum absolute atomic E-state index is 0.288. The van der Waals surface area contributed by atoms with Crippen LogP contribution in [-0.2, 0) is 0 Å². The van der Waals surface area contributed by atoms with Crippen LogP contribution in [0.5, 0.6) is 0 Å². The molecule has 9 heteroatoms. The van der Waals surface area contributed by atoms with E-state index in [1.165, 1.54) is 6.07 Å². The van der Waals surface area contributed by atoms with E-state index in [0.717, 1.165) is 0 Å². The van der Waals surface area contributed by atoms with Crippen molar-refractivity contribution < 1.29 is 9.85 Å². The fourth-order valence-electron chi connectivity index (χ4n) is 1.63. The minimum atomic E-state index is -2.84. The van der Waals surface area contributed by atoms with Gasteiger partial charge in [-0.1, -0.05) is 24.3 Å². The molecular weight excluding hydrogens is 242 g/mol. The summed E-state index contributed by atoms with van der Waals surface area (Å²) in [6.07, 6.45) is 0. The number of hydrogen-bond acceptors (Lipinski definition) is 7. The van der Waals surface area contributed by atoms with Crippen molar-refractivity contribution >= 4 is 5.71 Å². The molecule has 0 unspecified atom stereocenters. The van der Waals surface area contributed by atoms with Crippen molar-refractivity contribution in [3.8, 4) is 0 Å². The number of benzene rings is 1. The monoisotopic (exact) mass is 249 g/mol. The lowest BCUT2D eigenvalue weighted by molar-refractivity contribution is -0.770. The van der Waals surface area contributed by atoms with Gasteiger partial charge >= 0.3 is 5.79 Å². The topological polar surface area (TPSA) is 123 Å². The summed E-state index contributed by atoms with van der Waals surface area (Å²) in [6.45, 7) is 1.67. The van der Waals surface area contributed by atoms with Crippen LogP contribution < -0.4 is 0 Å². The summed E-state index contributed by atoms with van der Waals surface area (Å²) in [6, 6.07) is 6.49. The fraction of sp³-hybridized carbons (Fsp3) is 0.222. The summed E-state index contributed by atoms with van der Waals surface area (Å²) < 4.78 is 0. The van der Waals surface area contributed by atoms with Gasteiger partial charge in [-0.2, -0.15) is 0 Å². The Morgan fingerprint density at radius 2 is 1.78 bits per heavy atom. The summed E-state index contributed by atoms with van der Waals surface area (Å²) in [5, 5.41) is 31.6. The molecule has 0 fully saturated rings. The molecule has 1 heterocycles. The third-order valence-electron chi connectivity index (χ3n) is 2.56. The lowest BCUT2D eigenvalue weighted by Crippen LogP contribution is -2.50. The van der Waals surface area contributed by atoms with Crippen molar-refractivity contribution in [3.63, 3.8) is 0 Å². The van der Waals surface area contributed by atoms with Crippen LogP contribution in [0.4, 0.5) is 0 Å². The summed E-state index contributed by atoms with van der Waals surface area (Å²) in [5.41, 5.74) is 0.531. The summed E-state index contributed by atoms with van der Waals surface area (Å²) >= 11 is 0. The Balaban J connectivity index is 2.63. The molecule has 1 aliphatic heterocycles. The van der Waals surface area contributed by atoms with E-state index >= 15 is 0 Å². The molecule has 9 nitrogen and oxygen atoms in total. The first-order valence-corrected chi connectivity index (χ1v) is 4.85. The zero-order valence-corrected chi connectivity index (χ0v) is 9.18. The molecule has 0 aliphatic carbocycles. The van der Waals surface area contributed by atoms with Gasteiger partial charge < -0.3 is 0 Å². The summed E-state index contributed by atoms with van der Waals surface area (Å²) in [4.78, 5) is 19.8. The third-order valence-corrected chi connectivity index (χ3v) is 2.56. The molecule has 18 heavy (non-hydrogen) atoms. The molecular formula is C9H7N5O4. The maximum atomic E-state index is 11.0. The van der Waals surface area contributed by atoms with Crippen molar-refractivity contribution in [2.45, 2.75) is 12.7 Å². The van der Waals surface area contributed by atoms with Gasteiger partial charge in [0, 0.05) is 5.56 Å². The number of nitrogens with zero attached hydrogens (tertiary/aromatic N) is 5. The molecule has 0 bridgehead atoms. The second kappa shape index (κ2) is 3.95. The van der Waals surface area contributed by atoms with E-state index in [0.29, 0.717) is 5.56 Å². The van der Waals surface area contributed by atoms with Gasteiger partial charge in [0.05, 0.1) is 0 Å². The second-order valence-electron chi connectivity index (χ2n) is 3.60. The van der Waals surface area contributed by atoms with Crippen LogP contribution in [0, 0.1) is 27.2 Å². The first kappa shape index (κ1) is 11.8. The molecule has 0 spiro atoms. The van der Waals surface area contributed by atoms with Crippen molar-refractivity contribution in [2.24, 2.45) is 15.4 Å². The van der Waals surface area contributed by atoms with E-state index in [-0.39, 0.29) is 11.3 Å². The predicted octanol–water partition coefficient (Wildman–Crippen LogP) is 1.37. The van der Waals surface area contributed by atoms with Crippen molar-refractivity contribution in [1.82, 2.24) is 0 Å². The zero-order valence-electron chi connectivity index (χ0n) is 9.18. The maximum absolute atomic E-state index is 11.0. The molecule has 1 aromatic carbocycles. The van der Waals surface area contributed by atoms with E-state index < -0.39 is 15.6 Å². The number of aryl methyl sites for hydroxylation is 1. The smallest absolute Gasteiger partial charge is 0.256 e. The molecule has 0 atom stereocenters. The van der Waals surface area contributed by atoms with Gasteiger partial charge in [0.1, 0.15) is 9.85 Å². The van der Waals surface area contributed by atoms with Gasteiger partial charge in [0.2, 0.25) is 0 Å². The van der Waals surface area contributed by atoms with Gasteiger partial charge in [0.25, 0.3) is 5.71 Å². The van der Waals surface area contributed by atoms with Crippen LogP contribution in [0.2, 0.25) is 0 Å².